The van der Waals surface area contributed by atoms with E-state index >= 15 is 0 Å². The van der Waals surface area contributed by atoms with E-state index in [4.69, 9.17) is 17.3 Å². The molecule has 0 fully saturated rings. The molecule has 0 saturated carbocycles. The molecule has 104 valence electrons. The van der Waals surface area contributed by atoms with Crippen molar-refractivity contribution in [3.63, 3.8) is 0 Å². The first-order valence-corrected chi connectivity index (χ1v) is 8.26. The average molecular weight is 304 g/mol. The molecular formula is C17H18ClNS. The van der Waals surface area contributed by atoms with Crippen molar-refractivity contribution in [1.29, 1.82) is 0 Å². The molecule has 2 N–H and O–H groups in total. The predicted octanol–water partition coefficient (Wildman–Crippen LogP) is 4.62. The molecule has 0 aromatic heterocycles. The second-order valence-corrected chi connectivity index (χ2v) is 6.89. The second-order valence-electron chi connectivity index (χ2n) is 5.18. The van der Waals surface area contributed by atoms with Gasteiger partial charge in [-0.15, -0.1) is 11.8 Å². The summed E-state index contributed by atoms with van der Waals surface area (Å²) in [6, 6.07) is 14.9. The average Bonchev–Trinajstić information content (AvgIpc) is 2.93. The summed E-state index contributed by atoms with van der Waals surface area (Å²) in [5.74, 6) is 0. The Bertz CT molecular complexity index is 594. The van der Waals surface area contributed by atoms with Gasteiger partial charge in [0.2, 0.25) is 0 Å². The van der Waals surface area contributed by atoms with E-state index in [-0.39, 0.29) is 5.25 Å². The van der Waals surface area contributed by atoms with Crippen molar-refractivity contribution in [1.82, 2.24) is 0 Å². The summed E-state index contributed by atoms with van der Waals surface area (Å²) < 4.78 is 0. The molecular weight excluding hydrogens is 286 g/mol. The number of hydrogen-bond acceptors (Lipinski definition) is 2. The molecule has 0 aliphatic heterocycles. The molecule has 0 radical (unpaired) electrons. The molecule has 20 heavy (non-hydrogen) atoms. The van der Waals surface area contributed by atoms with Gasteiger partial charge in [0.1, 0.15) is 0 Å². The first kappa shape index (κ1) is 14.0. The summed E-state index contributed by atoms with van der Waals surface area (Å²) in [6.07, 6.45) is 3.75. The maximum absolute atomic E-state index is 5.95. The van der Waals surface area contributed by atoms with Crippen molar-refractivity contribution >= 4 is 23.4 Å². The molecule has 1 aliphatic rings. The van der Waals surface area contributed by atoms with Crippen LogP contribution in [0, 0.1) is 0 Å². The van der Waals surface area contributed by atoms with Crippen LogP contribution >= 0.6 is 23.4 Å². The van der Waals surface area contributed by atoms with Gasteiger partial charge in [-0.05, 0) is 60.2 Å². The van der Waals surface area contributed by atoms with E-state index in [1.807, 2.05) is 23.9 Å². The van der Waals surface area contributed by atoms with Crippen LogP contribution in [0.25, 0.3) is 0 Å². The van der Waals surface area contributed by atoms with E-state index in [0.717, 1.165) is 5.02 Å². The molecule has 2 aromatic carbocycles. The molecule has 1 nitrogen and oxygen atoms in total. The third kappa shape index (κ3) is 3.03. The number of thioether (sulfide) groups is 1. The molecule has 1 aliphatic carbocycles. The molecule has 1 atom stereocenters. The van der Waals surface area contributed by atoms with Gasteiger partial charge >= 0.3 is 0 Å². The van der Waals surface area contributed by atoms with Crippen molar-refractivity contribution in [2.75, 3.05) is 6.54 Å². The minimum atomic E-state index is 0.284. The first-order valence-electron chi connectivity index (χ1n) is 7.00. The Hall–Kier alpha value is -0.960. The Kier molecular flexibility index (Phi) is 4.35. The number of hydrogen-bond donors (Lipinski definition) is 1. The number of aryl methyl sites for hydroxylation is 2. The van der Waals surface area contributed by atoms with Crippen LogP contribution in [0.5, 0.6) is 0 Å². The summed E-state index contributed by atoms with van der Waals surface area (Å²) in [5.41, 5.74) is 10.2. The second kappa shape index (κ2) is 6.21. The van der Waals surface area contributed by atoms with Gasteiger partial charge in [-0.2, -0.15) is 0 Å². The third-order valence-corrected chi connectivity index (χ3v) is 5.33. The van der Waals surface area contributed by atoms with Crippen molar-refractivity contribution in [3.05, 3.63) is 64.2 Å². The third-order valence-electron chi connectivity index (χ3n) is 3.80. The van der Waals surface area contributed by atoms with Crippen molar-refractivity contribution in [3.8, 4) is 0 Å². The molecule has 1 unspecified atom stereocenters. The van der Waals surface area contributed by atoms with E-state index in [0.29, 0.717) is 6.54 Å². The minimum Gasteiger partial charge on any atom is -0.329 e. The smallest absolute Gasteiger partial charge is 0.0466 e. The summed E-state index contributed by atoms with van der Waals surface area (Å²) in [4.78, 5) is 1.32. The summed E-state index contributed by atoms with van der Waals surface area (Å²) >= 11 is 7.79. The Balaban J connectivity index is 1.79. The number of nitrogens with two attached hydrogens (primary N) is 1. The Morgan fingerprint density at radius 2 is 1.80 bits per heavy atom. The highest BCUT2D eigenvalue weighted by Gasteiger charge is 2.15. The van der Waals surface area contributed by atoms with Gasteiger partial charge in [0.15, 0.2) is 0 Å². The SMILES string of the molecule is NCC(Sc1ccc2c(c1)CCC2)c1ccc(Cl)cc1. The van der Waals surface area contributed by atoms with E-state index in [1.165, 1.54) is 40.8 Å². The fraction of sp³-hybridized carbons (Fsp3) is 0.294. The molecule has 0 amide bonds. The molecule has 0 heterocycles. The number of benzene rings is 2. The maximum atomic E-state index is 5.95. The molecule has 0 saturated heterocycles. The van der Waals surface area contributed by atoms with Gasteiger partial charge in [0, 0.05) is 21.7 Å². The Morgan fingerprint density at radius 3 is 2.55 bits per heavy atom. The zero-order chi connectivity index (χ0) is 13.9. The van der Waals surface area contributed by atoms with E-state index in [9.17, 15) is 0 Å². The Morgan fingerprint density at radius 1 is 1.05 bits per heavy atom. The van der Waals surface area contributed by atoms with Gasteiger partial charge in [0.25, 0.3) is 0 Å². The lowest BCUT2D eigenvalue weighted by Gasteiger charge is -2.15. The quantitative estimate of drug-likeness (QED) is 0.834. The topological polar surface area (TPSA) is 26.0 Å². The van der Waals surface area contributed by atoms with Crippen LogP contribution in [0.15, 0.2) is 47.4 Å². The zero-order valence-electron chi connectivity index (χ0n) is 11.3. The minimum absolute atomic E-state index is 0.284. The lowest BCUT2D eigenvalue weighted by atomic mass is 10.1. The lowest BCUT2D eigenvalue weighted by molar-refractivity contribution is 0.911. The van der Waals surface area contributed by atoms with Gasteiger partial charge in [-0.1, -0.05) is 29.8 Å². The Labute approximate surface area is 129 Å². The fourth-order valence-electron chi connectivity index (χ4n) is 2.72. The monoisotopic (exact) mass is 303 g/mol. The van der Waals surface area contributed by atoms with Gasteiger partial charge in [-0.25, -0.2) is 0 Å². The summed E-state index contributed by atoms with van der Waals surface area (Å²) in [6.45, 7) is 0.628. The predicted molar refractivity (Wildman–Crippen MR) is 87.6 cm³/mol. The van der Waals surface area contributed by atoms with E-state index in [1.54, 1.807) is 0 Å². The van der Waals surface area contributed by atoms with Crippen molar-refractivity contribution in [2.45, 2.75) is 29.4 Å². The fourth-order valence-corrected chi connectivity index (χ4v) is 3.92. The summed E-state index contributed by atoms with van der Waals surface area (Å²) in [7, 11) is 0. The first-order chi connectivity index (χ1) is 9.76. The lowest BCUT2D eigenvalue weighted by Crippen LogP contribution is -2.09. The van der Waals surface area contributed by atoms with Crippen LogP contribution < -0.4 is 5.73 Å². The van der Waals surface area contributed by atoms with Crippen molar-refractivity contribution < 1.29 is 0 Å². The standard InChI is InChI=1S/C17H18ClNS/c18-15-7-4-13(5-8-15)17(11-19)20-16-9-6-12-2-1-3-14(12)10-16/h4-10,17H,1-3,11,19H2. The molecule has 3 heteroatoms. The van der Waals surface area contributed by atoms with Crippen LogP contribution in [0.4, 0.5) is 0 Å². The highest BCUT2D eigenvalue weighted by Crippen LogP contribution is 2.36. The van der Waals surface area contributed by atoms with Crippen molar-refractivity contribution in [2.24, 2.45) is 5.73 Å². The van der Waals surface area contributed by atoms with Gasteiger partial charge < -0.3 is 5.73 Å². The number of halogens is 1. The molecule has 3 rings (SSSR count). The number of rotatable bonds is 4. The van der Waals surface area contributed by atoms with Crippen LogP contribution in [-0.2, 0) is 12.8 Å². The summed E-state index contributed by atoms with van der Waals surface area (Å²) in [5, 5.41) is 1.05. The zero-order valence-corrected chi connectivity index (χ0v) is 12.9. The largest absolute Gasteiger partial charge is 0.329 e. The molecule has 2 aromatic rings. The molecule has 0 bridgehead atoms. The van der Waals surface area contributed by atoms with Crippen LogP contribution in [0.1, 0.15) is 28.4 Å². The van der Waals surface area contributed by atoms with E-state index < -0.39 is 0 Å². The van der Waals surface area contributed by atoms with Gasteiger partial charge in [-0.3, -0.25) is 0 Å². The maximum Gasteiger partial charge on any atom is 0.0466 e. The molecule has 0 spiro atoms. The van der Waals surface area contributed by atoms with Crippen LogP contribution in [0.3, 0.4) is 0 Å². The highest BCUT2D eigenvalue weighted by molar-refractivity contribution is 7.99. The van der Waals surface area contributed by atoms with Crippen LogP contribution in [-0.4, -0.2) is 6.54 Å². The highest BCUT2D eigenvalue weighted by atomic mass is 35.5. The normalized spacial score (nSPS) is 15.1. The van der Waals surface area contributed by atoms with Gasteiger partial charge in [0.05, 0.1) is 0 Å². The van der Waals surface area contributed by atoms with Crippen LogP contribution in [0.2, 0.25) is 5.02 Å². The number of fused-ring (bicyclic) bond motifs is 1. The van der Waals surface area contributed by atoms with E-state index in [2.05, 4.69) is 30.3 Å².